The third-order valence-electron chi connectivity index (χ3n) is 5.16. The first kappa shape index (κ1) is 17.6. The number of aryl methyl sites for hydroxylation is 1. The predicted octanol–water partition coefficient (Wildman–Crippen LogP) is 5.15. The molecule has 7 heteroatoms. The van der Waals surface area contributed by atoms with Crippen molar-refractivity contribution in [2.75, 3.05) is 6.54 Å². The third kappa shape index (κ3) is 2.87. The van der Waals surface area contributed by atoms with Crippen LogP contribution in [-0.4, -0.2) is 26.7 Å². The topological polar surface area (TPSA) is 67.2 Å². The number of nitrogens with one attached hydrogen (secondary N) is 1. The number of fused-ring (bicyclic) bond motifs is 3. The zero-order chi connectivity index (χ0) is 19.3. The summed E-state index contributed by atoms with van der Waals surface area (Å²) in [5.41, 5.74) is 5.60. The lowest BCUT2D eigenvalue weighted by Crippen LogP contribution is -2.34. The smallest absolute Gasteiger partial charge is 0.223 e. The van der Waals surface area contributed by atoms with Crippen molar-refractivity contribution in [1.82, 2.24) is 20.2 Å². The van der Waals surface area contributed by atoms with E-state index in [9.17, 15) is 0 Å². The van der Waals surface area contributed by atoms with Gasteiger partial charge in [-0.1, -0.05) is 52.3 Å². The van der Waals surface area contributed by atoms with E-state index in [1.54, 1.807) is 6.92 Å². The van der Waals surface area contributed by atoms with Crippen molar-refractivity contribution >= 4 is 26.8 Å². The highest BCUT2D eigenvalue weighted by atomic mass is 79.9. The fourth-order valence-corrected chi connectivity index (χ4v) is 4.19. The number of aromatic amines is 1. The summed E-state index contributed by atoms with van der Waals surface area (Å²) in [4.78, 5) is 14.0. The molecule has 6 nitrogen and oxygen atoms in total. The normalized spacial score (nSPS) is 17.2. The maximum Gasteiger partial charge on any atom is 0.223 e. The molecule has 0 fully saturated rings. The SMILES string of the molecule is CCN1OCc2c([nH]c3ccc(Br)cc23)C1c1ccc(-c2noc(C)n2)cc1. The average molecular weight is 439 g/mol. The summed E-state index contributed by atoms with van der Waals surface area (Å²) in [6, 6.07) is 14.6. The molecule has 1 atom stereocenters. The van der Waals surface area contributed by atoms with Gasteiger partial charge in [0.05, 0.1) is 6.61 Å². The molecule has 142 valence electrons. The van der Waals surface area contributed by atoms with Gasteiger partial charge in [0.25, 0.3) is 0 Å². The maximum atomic E-state index is 6.10. The van der Waals surface area contributed by atoms with Gasteiger partial charge in [0, 0.05) is 45.7 Å². The van der Waals surface area contributed by atoms with Crippen molar-refractivity contribution in [1.29, 1.82) is 0 Å². The second kappa shape index (κ2) is 6.84. The Labute approximate surface area is 170 Å². The van der Waals surface area contributed by atoms with E-state index in [-0.39, 0.29) is 6.04 Å². The van der Waals surface area contributed by atoms with Crippen LogP contribution in [-0.2, 0) is 11.4 Å². The summed E-state index contributed by atoms with van der Waals surface area (Å²) < 4.78 is 6.16. The van der Waals surface area contributed by atoms with Crippen LogP contribution >= 0.6 is 15.9 Å². The second-order valence-corrected chi connectivity index (χ2v) is 7.79. The zero-order valence-electron chi connectivity index (χ0n) is 15.6. The van der Waals surface area contributed by atoms with E-state index in [1.807, 2.05) is 17.2 Å². The minimum atomic E-state index is 0.000907. The molecule has 0 spiro atoms. The molecule has 28 heavy (non-hydrogen) atoms. The molecule has 1 N–H and O–H groups in total. The van der Waals surface area contributed by atoms with Crippen LogP contribution < -0.4 is 0 Å². The molecule has 0 saturated carbocycles. The fourth-order valence-electron chi connectivity index (χ4n) is 3.83. The van der Waals surface area contributed by atoms with Gasteiger partial charge in [-0.25, -0.2) is 0 Å². The molecular weight excluding hydrogens is 420 g/mol. The van der Waals surface area contributed by atoms with Gasteiger partial charge in [0.2, 0.25) is 11.7 Å². The highest BCUT2D eigenvalue weighted by Crippen LogP contribution is 2.39. The Kier molecular flexibility index (Phi) is 4.30. The van der Waals surface area contributed by atoms with Crippen LogP contribution in [0.4, 0.5) is 0 Å². The minimum absolute atomic E-state index is 0.000907. The van der Waals surface area contributed by atoms with Crippen LogP contribution in [0.3, 0.4) is 0 Å². The Bertz CT molecular complexity index is 1150. The van der Waals surface area contributed by atoms with Gasteiger partial charge in [-0.15, -0.1) is 0 Å². The number of hydroxylamine groups is 2. The van der Waals surface area contributed by atoms with Crippen LogP contribution in [0, 0.1) is 6.92 Å². The van der Waals surface area contributed by atoms with Crippen molar-refractivity contribution in [2.24, 2.45) is 0 Å². The quantitative estimate of drug-likeness (QED) is 0.479. The molecule has 0 radical (unpaired) electrons. The first-order valence-corrected chi connectivity index (χ1v) is 10.0. The number of rotatable bonds is 3. The second-order valence-electron chi connectivity index (χ2n) is 6.88. The van der Waals surface area contributed by atoms with Crippen LogP contribution in [0.1, 0.15) is 35.7 Å². The first-order chi connectivity index (χ1) is 13.6. The lowest BCUT2D eigenvalue weighted by atomic mass is 9.97. The largest absolute Gasteiger partial charge is 0.356 e. The van der Waals surface area contributed by atoms with Gasteiger partial charge in [-0.2, -0.15) is 10.0 Å². The summed E-state index contributed by atoms with van der Waals surface area (Å²) in [5.74, 6) is 1.17. The molecule has 1 unspecified atom stereocenters. The summed E-state index contributed by atoms with van der Waals surface area (Å²) in [5, 5.41) is 7.23. The summed E-state index contributed by atoms with van der Waals surface area (Å²) in [6.45, 7) is 5.25. The standard InChI is InChI=1S/C21H19BrN4O2/c1-3-26-20(13-4-6-14(7-5-13)21-23-12(2)28-25-21)19-17(11-27-26)16-10-15(22)8-9-18(16)24-19/h4-10,20,24H,3,11H2,1-2H3. The number of hydrogen-bond acceptors (Lipinski definition) is 5. The van der Waals surface area contributed by atoms with Crippen molar-refractivity contribution in [3.05, 3.63) is 69.6 Å². The molecule has 0 amide bonds. The van der Waals surface area contributed by atoms with Gasteiger partial charge in [-0.05, 0) is 23.8 Å². The highest BCUT2D eigenvalue weighted by Gasteiger charge is 2.32. The summed E-state index contributed by atoms with van der Waals surface area (Å²) >= 11 is 3.58. The molecule has 0 bridgehead atoms. The van der Waals surface area contributed by atoms with E-state index >= 15 is 0 Å². The van der Waals surface area contributed by atoms with Gasteiger partial charge >= 0.3 is 0 Å². The van der Waals surface area contributed by atoms with Crippen LogP contribution in [0.5, 0.6) is 0 Å². The molecule has 4 aromatic rings. The van der Waals surface area contributed by atoms with Gasteiger partial charge < -0.3 is 9.51 Å². The summed E-state index contributed by atoms with van der Waals surface area (Å²) in [6.07, 6.45) is 0. The maximum absolute atomic E-state index is 6.10. The van der Waals surface area contributed by atoms with E-state index in [1.165, 1.54) is 16.6 Å². The van der Waals surface area contributed by atoms with E-state index in [0.29, 0.717) is 18.3 Å². The van der Waals surface area contributed by atoms with Crippen LogP contribution in [0.2, 0.25) is 0 Å². The molecule has 2 aromatic carbocycles. The molecular formula is C21H19BrN4O2. The van der Waals surface area contributed by atoms with Gasteiger partial charge in [0.15, 0.2) is 0 Å². The Morgan fingerprint density at radius 1 is 1.21 bits per heavy atom. The van der Waals surface area contributed by atoms with Crippen molar-refractivity contribution in [2.45, 2.75) is 26.5 Å². The Morgan fingerprint density at radius 3 is 2.75 bits per heavy atom. The molecule has 1 aliphatic heterocycles. The Morgan fingerprint density at radius 2 is 2.04 bits per heavy atom. The van der Waals surface area contributed by atoms with Crippen LogP contribution in [0.15, 0.2) is 51.5 Å². The van der Waals surface area contributed by atoms with E-state index in [0.717, 1.165) is 27.7 Å². The fraction of sp³-hybridized carbons (Fsp3) is 0.238. The van der Waals surface area contributed by atoms with Gasteiger partial charge in [-0.3, -0.25) is 4.84 Å². The molecule has 3 heterocycles. The number of aromatic nitrogens is 3. The van der Waals surface area contributed by atoms with E-state index in [2.05, 4.69) is 68.3 Å². The van der Waals surface area contributed by atoms with Gasteiger partial charge in [0.1, 0.15) is 6.04 Å². The number of halogens is 1. The Hall–Kier alpha value is -2.48. The molecule has 1 aliphatic rings. The number of hydrogen-bond donors (Lipinski definition) is 1. The monoisotopic (exact) mass is 438 g/mol. The number of H-pyrrole nitrogens is 1. The first-order valence-electron chi connectivity index (χ1n) is 9.24. The summed E-state index contributed by atoms with van der Waals surface area (Å²) in [7, 11) is 0. The molecule has 0 aliphatic carbocycles. The van der Waals surface area contributed by atoms with Crippen molar-refractivity contribution < 1.29 is 9.36 Å². The van der Waals surface area contributed by atoms with E-state index < -0.39 is 0 Å². The van der Waals surface area contributed by atoms with Crippen molar-refractivity contribution in [3.8, 4) is 11.4 Å². The molecule has 2 aromatic heterocycles. The predicted molar refractivity (Wildman–Crippen MR) is 109 cm³/mol. The molecule has 5 rings (SSSR count). The minimum Gasteiger partial charge on any atom is -0.356 e. The lowest BCUT2D eigenvalue weighted by Gasteiger charge is -2.34. The van der Waals surface area contributed by atoms with Crippen LogP contribution in [0.25, 0.3) is 22.3 Å². The molecule has 0 saturated heterocycles. The number of benzene rings is 2. The zero-order valence-corrected chi connectivity index (χ0v) is 17.2. The Balaban J connectivity index is 1.59. The highest BCUT2D eigenvalue weighted by molar-refractivity contribution is 9.10. The number of nitrogens with zero attached hydrogens (tertiary/aromatic N) is 3. The van der Waals surface area contributed by atoms with Crippen molar-refractivity contribution in [3.63, 3.8) is 0 Å². The average Bonchev–Trinajstić information content (AvgIpc) is 3.30. The van der Waals surface area contributed by atoms with E-state index in [4.69, 9.17) is 9.36 Å². The lowest BCUT2D eigenvalue weighted by molar-refractivity contribution is -0.198. The third-order valence-corrected chi connectivity index (χ3v) is 5.65.